The summed E-state index contributed by atoms with van der Waals surface area (Å²) in [5.74, 6) is 0.590. The van der Waals surface area contributed by atoms with E-state index >= 15 is 4.39 Å². The predicted octanol–water partition coefficient (Wildman–Crippen LogP) is 2.43. The van der Waals surface area contributed by atoms with Crippen molar-refractivity contribution in [3.8, 4) is 11.9 Å². The van der Waals surface area contributed by atoms with E-state index in [0.29, 0.717) is 35.8 Å². The van der Waals surface area contributed by atoms with Crippen LogP contribution in [0.4, 0.5) is 10.2 Å². The number of piperazine rings is 1. The third kappa shape index (κ3) is 2.78. The molecule has 9 heteroatoms. The van der Waals surface area contributed by atoms with Gasteiger partial charge in [0.25, 0.3) is 0 Å². The number of fused-ring (bicyclic) bond motifs is 6. The maximum atomic E-state index is 15.0. The van der Waals surface area contributed by atoms with Crippen LogP contribution in [0.15, 0.2) is 18.3 Å². The Morgan fingerprint density at radius 2 is 2.24 bits per heavy atom. The van der Waals surface area contributed by atoms with E-state index in [1.165, 1.54) is 11.8 Å². The Morgan fingerprint density at radius 3 is 3.15 bits per heavy atom. The first kappa shape index (κ1) is 19.9. The van der Waals surface area contributed by atoms with Gasteiger partial charge in [0.05, 0.1) is 17.8 Å². The van der Waals surface area contributed by atoms with E-state index in [0.717, 1.165) is 51.7 Å². The molecule has 8 nitrogen and oxygen atoms in total. The molecule has 2 bridgehead atoms. The summed E-state index contributed by atoms with van der Waals surface area (Å²) in [6, 6.07) is 1.00. The first-order valence-corrected chi connectivity index (χ1v) is 12.2. The monoisotopic (exact) mass is 452 g/mol. The second-order valence-electron chi connectivity index (χ2n) is 10.2. The molecule has 2 aromatic heterocycles. The third-order valence-corrected chi connectivity index (χ3v) is 8.53. The molecule has 4 fully saturated rings. The van der Waals surface area contributed by atoms with Gasteiger partial charge in [0, 0.05) is 25.2 Å². The van der Waals surface area contributed by atoms with Gasteiger partial charge in [0.1, 0.15) is 29.4 Å². The second-order valence-corrected chi connectivity index (χ2v) is 10.2. The van der Waals surface area contributed by atoms with Crippen LogP contribution in [0.25, 0.3) is 10.9 Å². The fourth-order valence-electron chi connectivity index (χ4n) is 6.91. The molecule has 5 aliphatic heterocycles. The molecule has 0 aromatic carbocycles. The van der Waals surface area contributed by atoms with Crippen molar-refractivity contribution in [1.29, 1.82) is 0 Å². The Kier molecular flexibility index (Phi) is 4.22. The van der Waals surface area contributed by atoms with Gasteiger partial charge in [-0.3, -0.25) is 4.90 Å². The highest BCUT2D eigenvalue weighted by atomic mass is 19.1. The lowest BCUT2D eigenvalue weighted by Crippen LogP contribution is -2.62. The van der Waals surface area contributed by atoms with Crippen LogP contribution in [0.5, 0.6) is 11.9 Å². The Labute approximate surface area is 192 Å². The number of nitrogens with one attached hydrogen (secondary N) is 1. The number of rotatable bonds is 3. The van der Waals surface area contributed by atoms with Gasteiger partial charge in [-0.05, 0) is 45.6 Å². The Balaban J connectivity index is 1.32. The second kappa shape index (κ2) is 6.99. The third-order valence-electron chi connectivity index (χ3n) is 8.53. The molecular weight excluding hydrogens is 423 g/mol. The molecule has 0 spiro atoms. The van der Waals surface area contributed by atoms with Crippen LogP contribution in [-0.4, -0.2) is 75.9 Å². The zero-order valence-electron chi connectivity index (χ0n) is 18.9. The molecule has 7 rings (SSSR count). The fraction of sp³-hybridized carbons (Fsp3) is 0.625. The van der Waals surface area contributed by atoms with E-state index in [4.69, 9.17) is 14.5 Å². The number of hydrogen-bond acceptors (Lipinski definition) is 8. The van der Waals surface area contributed by atoms with Crippen molar-refractivity contribution in [2.75, 3.05) is 31.1 Å². The van der Waals surface area contributed by atoms with Gasteiger partial charge in [0.15, 0.2) is 5.82 Å². The normalized spacial score (nSPS) is 34.8. The number of pyridine rings is 1. The molecule has 4 unspecified atom stereocenters. The van der Waals surface area contributed by atoms with Crippen molar-refractivity contribution in [1.82, 2.24) is 25.2 Å². The topological polar surface area (TPSA) is 75.6 Å². The molecule has 7 heterocycles. The summed E-state index contributed by atoms with van der Waals surface area (Å²) in [5, 5.41) is 4.26. The molecule has 0 aliphatic carbocycles. The molecule has 5 aliphatic rings. The first-order chi connectivity index (χ1) is 16.0. The molecule has 1 N–H and O–H groups in total. The average molecular weight is 453 g/mol. The molecular formula is C24H29FN6O2. The van der Waals surface area contributed by atoms with Crippen molar-refractivity contribution in [2.24, 2.45) is 0 Å². The van der Waals surface area contributed by atoms with Crippen LogP contribution in [0.2, 0.25) is 0 Å². The molecule has 5 atom stereocenters. The lowest BCUT2D eigenvalue weighted by molar-refractivity contribution is 0.130. The number of aromatic nitrogens is 3. The highest BCUT2D eigenvalue weighted by Gasteiger charge is 2.49. The minimum atomic E-state index is -0.485. The molecule has 0 saturated carbocycles. The summed E-state index contributed by atoms with van der Waals surface area (Å²) < 4.78 is 27.5. The summed E-state index contributed by atoms with van der Waals surface area (Å²) in [6.45, 7) is 9.73. The van der Waals surface area contributed by atoms with Crippen LogP contribution in [0, 0.1) is 5.82 Å². The fourth-order valence-corrected chi connectivity index (χ4v) is 6.91. The van der Waals surface area contributed by atoms with E-state index < -0.39 is 5.82 Å². The molecule has 0 amide bonds. The van der Waals surface area contributed by atoms with Crippen LogP contribution in [0.3, 0.4) is 0 Å². The largest absolute Gasteiger partial charge is 0.472 e. The number of halogens is 1. The molecule has 174 valence electrons. The summed E-state index contributed by atoms with van der Waals surface area (Å²) in [5.41, 5.74) is 1.28. The maximum absolute atomic E-state index is 15.0. The van der Waals surface area contributed by atoms with Crippen LogP contribution >= 0.6 is 0 Å². The molecule has 4 saturated heterocycles. The Morgan fingerprint density at radius 1 is 1.33 bits per heavy atom. The smallest absolute Gasteiger partial charge is 0.319 e. The van der Waals surface area contributed by atoms with Gasteiger partial charge in [-0.2, -0.15) is 9.97 Å². The highest BCUT2D eigenvalue weighted by molar-refractivity contribution is 5.95. The zero-order valence-corrected chi connectivity index (χ0v) is 18.9. The highest BCUT2D eigenvalue weighted by Crippen LogP contribution is 2.44. The summed E-state index contributed by atoms with van der Waals surface area (Å²) >= 11 is 0. The van der Waals surface area contributed by atoms with Gasteiger partial charge in [-0.15, -0.1) is 0 Å². The Hall–Kier alpha value is -2.52. The number of anilines is 1. The van der Waals surface area contributed by atoms with Gasteiger partial charge in [0.2, 0.25) is 5.88 Å². The van der Waals surface area contributed by atoms with Crippen LogP contribution < -0.4 is 19.7 Å². The number of nitrogens with zero attached hydrogens (tertiary/aromatic N) is 5. The van der Waals surface area contributed by atoms with Gasteiger partial charge in [-0.1, -0.05) is 12.2 Å². The Bertz CT molecular complexity index is 1160. The first-order valence-electron chi connectivity index (χ1n) is 12.2. The summed E-state index contributed by atoms with van der Waals surface area (Å²) in [6.07, 6.45) is 6.45. The SMILES string of the molecule is C=C1CCN2CCC[C@]12COc1nc2c3c(ncc(F)c3n1)OC(C)C1C3CCC(CN21)N3. The predicted molar refractivity (Wildman–Crippen MR) is 121 cm³/mol. The minimum absolute atomic E-state index is 0.0884. The van der Waals surface area contributed by atoms with Crippen LogP contribution in [-0.2, 0) is 0 Å². The summed E-state index contributed by atoms with van der Waals surface area (Å²) in [4.78, 5) is 18.4. The minimum Gasteiger partial charge on any atom is -0.472 e. The van der Waals surface area contributed by atoms with Crippen molar-refractivity contribution < 1.29 is 13.9 Å². The lowest BCUT2D eigenvalue weighted by atomic mass is 9.91. The van der Waals surface area contributed by atoms with Gasteiger partial charge >= 0.3 is 6.01 Å². The standard InChI is InChI=1S/C24H29FN6O2/c1-13-6-9-30-8-3-7-24(13,30)12-32-23-28-19-16(25)10-26-22-18(19)21(29-23)31-11-15-4-5-17(27-15)20(31)14(2)33-22/h10,14-15,17,20,27H,1,3-9,11-12H2,2H3/t14?,15?,17?,20?,24-/m0/s1. The van der Waals surface area contributed by atoms with Gasteiger partial charge < -0.3 is 19.7 Å². The van der Waals surface area contributed by atoms with Crippen molar-refractivity contribution in [3.05, 3.63) is 24.2 Å². The van der Waals surface area contributed by atoms with Crippen molar-refractivity contribution in [2.45, 2.75) is 68.8 Å². The number of hydrogen-bond donors (Lipinski definition) is 1. The van der Waals surface area contributed by atoms with Gasteiger partial charge in [-0.25, -0.2) is 9.37 Å². The van der Waals surface area contributed by atoms with E-state index in [-0.39, 0.29) is 29.2 Å². The maximum Gasteiger partial charge on any atom is 0.319 e. The quantitative estimate of drug-likeness (QED) is 0.712. The van der Waals surface area contributed by atoms with E-state index in [1.54, 1.807) is 0 Å². The lowest BCUT2D eigenvalue weighted by Gasteiger charge is -2.42. The zero-order chi connectivity index (χ0) is 22.3. The molecule has 33 heavy (non-hydrogen) atoms. The van der Waals surface area contributed by atoms with E-state index in [9.17, 15) is 0 Å². The molecule has 0 radical (unpaired) electrons. The average Bonchev–Trinajstić information content (AvgIpc) is 3.46. The van der Waals surface area contributed by atoms with Crippen molar-refractivity contribution >= 4 is 16.7 Å². The van der Waals surface area contributed by atoms with Crippen LogP contribution in [0.1, 0.15) is 39.0 Å². The summed E-state index contributed by atoms with van der Waals surface area (Å²) in [7, 11) is 0. The van der Waals surface area contributed by atoms with Crippen molar-refractivity contribution in [3.63, 3.8) is 0 Å². The molecule has 2 aromatic rings. The number of ether oxygens (including phenoxy) is 2. The van der Waals surface area contributed by atoms with E-state index in [1.807, 2.05) is 0 Å². The van der Waals surface area contributed by atoms with E-state index in [2.05, 4.69) is 38.6 Å².